The van der Waals surface area contributed by atoms with Crippen molar-refractivity contribution >= 4 is 39.3 Å². The fourth-order valence-electron chi connectivity index (χ4n) is 5.71. The largest absolute Gasteiger partial charge is 0.349 e. The van der Waals surface area contributed by atoms with Gasteiger partial charge in [0.05, 0.1) is 33.5 Å². The lowest BCUT2D eigenvalue weighted by molar-refractivity contribution is 0.0904. The third-order valence-electron chi connectivity index (χ3n) is 7.68. The van der Waals surface area contributed by atoms with Crippen LogP contribution in [0.2, 0.25) is 5.02 Å². The number of nitrogens with zero attached hydrogens (tertiary/aromatic N) is 4. The van der Waals surface area contributed by atoms with E-state index < -0.39 is 18.0 Å². The van der Waals surface area contributed by atoms with Crippen LogP contribution in [0.1, 0.15) is 48.2 Å². The predicted molar refractivity (Wildman–Crippen MR) is 150 cm³/mol. The number of carbonyl (C=O) groups is 1. The minimum atomic E-state index is -2.88. The van der Waals surface area contributed by atoms with Crippen molar-refractivity contribution in [2.75, 3.05) is 0 Å². The first-order valence-corrected chi connectivity index (χ1v) is 13.6. The topological polar surface area (TPSA) is 81.8 Å². The van der Waals surface area contributed by atoms with Crippen LogP contribution in [0.4, 0.5) is 8.78 Å². The molecule has 10 heteroatoms. The first-order valence-electron chi connectivity index (χ1n) is 13.2. The summed E-state index contributed by atoms with van der Waals surface area (Å²) in [4.78, 5) is 34.7. The molecule has 0 aliphatic heterocycles. The van der Waals surface area contributed by atoms with Crippen molar-refractivity contribution in [3.05, 3.63) is 100.0 Å². The van der Waals surface area contributed by atoms with E-state index in [1.54, 1.807) is 17.0 Å². The van der Waals surface area contributed by atoms with Crippen molar-refractivity contribution in [1.82, 2.24) is 24.4 Å². The number of rotatable bonds is 6. The van der Waals surface area contributed by atoms with E-state index in [-0.39, 0.29) is 28.2 Å². The monoisotopic (exact) mass is 561 g/mol. The molecule has 2 aromatic carbocycles. The minimum absolute atomic E-state index is 0.122. The number of hydrogen-bond donors (Lipinski definition) is 1. The number of fused-ring (bicyclic) bond motifs is 2. The van der Waals surface area contributed by atoms with E-state index in [4.69, 9.17) is 11.6 Å². The van der Waals surface area contributed by atoms with Crippen LogP contribution in [0.5, 0.6) is 0 Å². The lowest BCUT2D eigenvalue weighted by Gasteiger charge is -2.29. The Labute approximate surface area is 233 Å². The van der Waals surface area contributed by atoms with Crippen molar-refractivity contribution < 1.29 is 13.6 Å². The fourth-order valence-corrected chi connectivity index (χ4v) is 5.87. The summed E-state index contributed by atoms with van der Waals surface area (Å²) in [7, 11) is 0. The quantitative estimate of drug-likeness (QED) is 0.263. The molecule has 1 N–H and O–H groups in total. The summed E-state index contributed by atoms with van der Waals surface area (Å²) in [6.07, 6.45) is 4.66. The van der Waals surface area contributed by atoms with Gasteiger partial charge in [-0.2, -0.15) is 0 Å². The van der Waals surface area contributed by atoms with Crippen molar-refractivity contribution in [2.24, 2.45) is 5.92 Å². The highest BCUT2D eigenvalue weighted by molar-refractivity contribution is 6.30. The van der Waals surface area contributed by atoms with Gasteiger partial charge in [0.1, 0.15) is 5.69 Å². The second-order valence-corrected chi connectivity index (χ2v) is 10.6. The summed E-state index contributed by atoms with van der Waals surface area (Å²) in [6.45, 7) is 0.541. The van der Waals surface area contributed by atoms with Gasteiger partial charge < -0.3 is 5.32 Å². The maximum absolute atomic E-state index is 13.9. The second-order valence-electron chi connectivity index (χ2n) is 10.2. The molecule has 3 aromatic heterocycles. The summed E-state index contributed by atoms with van der Waals surface area (Å²) in [5.74, 6) is -0.378. The molecular weight excluding hydrogens is 536 g/mol. The van der Waals surface area contributed by atoms with E-state index in [0.717, 1.165) is 46.5 Å². The average Bonchev–Trinajstić information content (AvgIpc) is 3.24. The van der Waals surface area contributed by atoms with Crippen LogP contribution >= 0.6 is 11.6 Å². The van der Waals surface area contributed by atoms with Crippen LogP contribution in [-0.4, -0.2) is 31.1 Å². The molecule has 5 aromatic rings. The minimum Gasteiger partial charge on any atom is -0.349 e. The number of nitrogens with one attached hydrogen (secondary N) is 1. The Morgan fingerprint density at radius 1 is 1.00 bits per heavy atom. The summed E-state index contributed by atoms with van der Waals surface area (Å²) in [6, 6.07) is 16.7. The zero-order valence-corrected chi connectivity index (χ0v) is 22.2. The standard InChI is InChI=1S/C30H26ClF2N5O2/c31-20-13-23(27(28(32)33)35-15-20)29(39)36-21-11-9-18(10-12-21)17-37-24-7-3-4-8-25(24)38(30(37)40)26-16-34-14-19-5-1-2-6-22(19)26/h1-8,13-16,18,21,28H,9-12,17H2,(H,36,39)/t18-,21-. The zero-order chi connectivity index (χ0) is 27.8. The summed E-state index contributed by atoms with van der Waals surface area (Å²) < 4.78 is 30.3. The third kappa shape index (κ3) is 4.86. The van der Waals surface area contributed by atoms with Gasteiger partial charge in [0, 0.05) is 35.8 Å². The van der Waals surface area contributed by atoms with Gasteiger partial charge in [0.15, 0.2) is 0 Å². The lowest BCUT2D eigenvalue weighted by atomic mass is 9.85. The smallest absolute Gasteiger partial charge is 0.333 e. The normalized spacial score (nSPS) is 17.5. The molecule has 0 spiro atoms. The van der Waals surface area contributed by atoms with Gasteiger partial charge >= 0.3 is 5.69 Å². The molecule has 1 saturated carbocycles. The second kappa shape index (κ2) is 10.8. The van der Waals surface area contributed by atoms with Gasteiger partial charge in [0.25, 0.3) is 12.3 Å². The highest BCUT2D eigenvalue weighted by Crippen LogP contribution is 2.29. The maximum Gasteiger partial charge on any atom is 0.333 e. The average molecular weight is 562 g/mol. The van der Waals surface area contributed by atoms with Crippen molar-refractivity contribution in [3.8, 4) is 5.69 Å². The Bertz CT molecular complexity index is 1770. The highest BCUT2D eigenvalue weighted by Gasteiger charge is 2.27. The van der Waals surface area contributed by atoms with E-state index >= 15 is 0 Å². The van der Waals surface area contributed by atoms with Crippen LogP contribution in [0, 0.1) is 5.92 Å². The van der Waals surface area contributed by atoms with E-state index in [1.165, 1.54) is 6.07 Å². The number of aromatic nitrogens is 4. The molecule has 1 aliphatic rings. The Kier molecular flexibility index (Phi) is 7.06. The van der Waals surface area contributed by atoms with E-state index in [2.05, 4.69) is 15.3 Å². The van der Waals surface area contributed by atoms with E-state index in [9.17, 15) is 18.4 Å². The SMILES string of the molecule is O=C(N[C@H]1CC[C@H](Cn2c(=O)n(-c3cncc4ccccc34)c3ccccc32)CC1)c1cc(Cl)cnc1C(F)F. The number of amides is 1. The predicted octanol–water partition coefficient (Wildman–Crippen LogP) is 6.32. The van der Waals surface area contributed by atoms with E-state index in [1.807, 2.05) is 53.1 Å². The summed E-state index contributed by atoms with van der Waals surface area (Å²) in [5.41, 5.74) is 1.51. The number of alkyl halides is 2. The van der Waals surface area contributed by atoms with Gasteiger partial charge in [-0.15, -0.1) is 0 Å². The molecule has 0 bridgehead atoms. The van der Waals surface area contributed by atoms with Crippen LogP contribution in [0.3, 0.4) is 0 Å². The zero-order valence-electron chi connectivity index (χ0n) is 21.4. The molecule has 6 rings (SSSR count). The fraction of sp³-hybridized carbons (Fsp3) is 0.267. The van der Waals surface area contributed by atoms with Crippen LogP contribution in [0.25, 0.3) is 27.5 Å². The molecule has 1 fully saturated rings. The van der Waals surface area contributed by atoms with Gasteiger partial charge in [-0.05, 0) is 49.8 Å². The number of pyridine rings is 2. The van der Waals surface area contributed by atoms with Gasteiger partial charge in [-0.3, -0.25) is 23.9 Å². The Balaban J connectivity index is 1.21. The third-order valence-corrected chi connectivity index (χ3v) is 7.89. The first-order chi connectivity index (χ1) is 19.4. The van der Waals surface area contributed by atoms with Gasteiger partial charge in [0.2, 0.25) is 0 Å². The molecule has 204 valence electrons. The van der Waals surface area contributed by atoms with Crippen LogP contribution in [0.15, 0.2) is 78.0 Å². The Hall–Kier alpha value is -4.11. The van der Waals surface area contributed by atoms with Gasteiger partial charge in [-0.25, -0.2) is 13.6 Å². The summed E-state index contributed by atoms with van der Waals surface area (Å²) in [5, 5.41) is 4.91. The molecule has 0 saturated heterocycles. The highest BCUT2D eigenvalue weighted by atomic mass is 35.5. The molecule has 1 aliphatic carbocycles. The molecule has 3 heterocycles. The summed E-state index contributed by atoms with van der Waals surface area (Å²) >= 11 is 5.91. The van der Waals surface area contributed by atoms with Crippen molar-refractivity contribution in [2.45, 2.75) is 44.7 Å². The Morgan fingerprint density at radius 2 is 1.73 bits per heavy atom. The van der Waals surface area contributed by atoms with Crippen molar-refractivity contribution in [1.29, 1.82) is 0 Å². The van der Waals surface area contributed by atoms with Crippen molar-refractivity contribution in [3.63, 3.8) is 0 Å². The molecule has 7 nitrogen and oxygen atoms in total. The Morgan fingerprint density at radius 3 is 2.50 bits per heavy atom. The van der Waals surface area contributed by atoms with Crippen LogP contribution < -0.4 is 11.0 Å². The molecular formula is C30H26ClF2N5O2. The lowest BCUT2D eigenvalue weighted by Crippen LogP contribution is -2.39. The number of carbonyl (C=O) groups excluding carboxylic acids is 1. The first kappa shape index (κ1) is 26.1. The molecule has 40 heavy (non-hydrogen) atoms. The molecule has 0 unspecified atom stereocenters. The number of hydrogen-bond acceptors (Lipinski definition) is 4. The van der Waals surface area contributed by atoms with Gasteiger partial charge in [-0.1, -0.05) is 48.0 Å². The number of halogens is 3. The number of para-hydroxylation sites is 2. The number of imidazole rings is 1. The maximum atomic E-state index is 13.9. The molecule has 0 atom stereocenters. The molecule has 1 amide bonds. The van der Waals surface area contributed by atoms with Crippen LogP contribution in [-0.2, 0) is 6.54 Å². The number of benzene rings is 2. The van der Waals surface area contributed by atoms with E-state index in [0.29, 0.717) is 19.4 Å². The molecule has 0 radical (unpaired) electrons.